The Labute approximate surface area is 158 Å². The van der Waals surface area contributed by atoms with E-state index in [-0.39, 0.29) is 11.6 Å². The van der Waals surface area contributed by atoms with Crippen LogP contribution < -0.4 is 16.4 Å². The minimum Gasteiger partial charge on any atom is -0.365 e. The fourth-order valence-electron chi connectivity index (χ4n) is 2.12. The average molecular weight is 397 g/mol. The average Bonchev–Trinajstić information content (AvgIpc) is 3.32. The van der Waals surface area contributed by atoms with E-state index < -0.39 is 5.91 Å². The number of anilines is 1. The quantitative estimate of drug-likeness (QED) is 0.621. The number of halogens is 1. The summed E-state index contributed by atoms with van der Waals surface area (Å²) in [5.41, 5.74) is 6.79. The Morgan fingerprint density at radius 3 is 2.68 bits per heavy atom. The number of urea groups is 1. The minimum absolute atomic E-state index is 0.255. The van der Waals surface area contributed by atoms with Crippen LogP contribution in [0.2, 0.25) is 5.02 Å². The maximum atomic E-state index is 11.9. The van der Waals surface area contributed by atoms with Gasteiger partial charge in [0.25, 0.3) is 5.91 Å². The first-order valence-electron chi connectivity index (χ1n) is 7.74. The van der Waals surface area contributed by atoms with Gasteiger partial charge in [-0.3, -0.25) is 10.1 Å². The van der Waals surface area contributed by atoms with E-state index in [9.17, 15) is 9.59 Å². The zero-order valence-corrected chi connectivity index (χ0v) is 15.6. The third-order valence-electron chi connectivity index (χ3n) is 3.67. The van der Waals surface area contributed by atoms with Gasteiger partial charge in [0.05, 0.1) is 0 Å². The summed E-state index contributed by atoms with van der Waals surface area (Å²) in [6, 6.07) is 7.11. The normalized spacial score (nSPS) is 13.5. The molecule has 1 heterocycles. The van der Waals surface area contributed by atoms with E-state index in [0.717, 1.165) is 29.9 Å². The summed E-state index contributed by atoms with van der Waals surface area (Å²) < 4.78 is 4.27. The van der Waals surface area contributed by atoms with Crippen LogP contribution in [0.25, 0.3) is 0 Å². The van der Waals surface area contributed by atoms with Crippen molar-refractivity contribution >= 4 is 51.8 Å². The first-order valence-corrected chi connectivity index (χ1v) is 9.88. The fourth-order valence-corrected chi connectivity index (χ4v) is 4.16. The molecule has 0 saturated heterocycles. The Morgan fingerprint density at radius 2 is 2.04 bits per heavy atom. The van der Waals surface area contributed by atoms with Crippen molar-refractivity contribution in [3.8, 4) is 0 Å². The largest absolute Gasteiger partial charge is 0.365 e. The van der Waals surface area contributed by atoms with Crippen LogP contribution in [-0.2, 0) is 5.75 Å². The number of nitrogens with two attached hydrogens (primary N) is 1. The molecule has 25 heavy (non-hydrogen) atoms. The number of benzene rings is 1. The molecule has 4 N–H and O–H groups in total. The second kappa shape index (κ2) is 8.07. The van der Waals surface area contributed by atoms with Gasteiger partial charge in [-0.05, 0) is 48.0 Å². The summed E-state index contributed by atoms with van der Waals surface area (Å²) in [4.78, 5) is 23.7. The summed E-state index contributed by atoms with van der Waals surface area (Å²) in [5.74, 6) is 0.590. The highest BCUT2D eigenvalue weighted by Gasteiger charge is 2.23. The van der Waals surface area contributed by atoms with E-state index in [4.69, 9.17) is 17.3 Å². The molecule has 0 unspecified atom stereocenters. The molecule has 1 fully saturated rings. The number of amides is 3. The number of hydrogen-bond donors (Lipinski definition) is 3. The van der Waals surface area contributed by atoms with Crippen LogP contribution in [0, 0.1) is 5.92 Å². The first-order chi connectivity index (χ1) is 12.0. The molecule has 1 saturated carbocycles. The van der Waals surface area contributed by atoms with E-state index in [1.165, 1.54) is 11.8 Å². The van der Waals surface area contributed by atoms with Crippen LogP contribution in [0.3, 0.4) is 0 Å². The molecule has 132 valence electrons. The molecular weight excluding hydrogens is 380 g/mol. The van der Waals surface area contributed by atoms with Crippen LogP contribution in [-0.4, -0.2) is 22.9 Å². The van der Waals surface area contributed by atoms with Gasteiger partial charge in [0.15, 0.2) is 0 Å². The highest BCUT2D eigenvalue weighted by molar-refractivity contribution is 7.98. The number of aromatic nitrogens is 1. The van der Waals surface area contributed by atoms with Crippen LogP contribution in [0.5, 0.6) is 0 Å². The summed E-state index contributed by atoms with van der Waals surface area (Å²) in [6.45, 7) is 0.648. The zero-order valence-electron chi connectivity index (χ0n) is 13.3. The summed E-state index contributed by atoms with van der Waals surface area (Å²) in [6.07, 6.45) is 2.30. The molecule has 2 aromatic rings. The summed E-state index contributed by atoms with van der Waals surface area (Å²) >= 11 is 8.32. The van der Waals surface area contributed by atoms with Crippen molar-refractivity contribution in [1.29, 1.82) is 0 Å². The number of thioether (sulfide) groups is 1. The lowest BCUT2D eigenvalue weighted by atomic mass is 10.2. The topological polar surface area (TPSA) is 97.1 Å². The Kier molecular flexibility index (Phi) is 5.82. The number of rotatable bonds is 7. The highest BCUT2D eigenvalue weighted by Crippen LogP contribution is 2.33. The molecule has 6 nitrogen and oxygen atoms in total. The minimum atomic E-state index is -0.607. The van der Waals surface area contributed by atoms with Gasteiger partial charge in [-0.25, -0.2) is 4.79 Å². The number of carbonyl (C=O) groups is 2. The van der Waals surface area contributed by atoms with Gasteiger partial charge in [0, 0.05) is 17.3 Å². The molecule has 3 amide bonds. The van der Waals surface area contributed by atoms with Crippen molar-refractivity contribution in [3.63, 3.8) is 0 Å². The third kappa shape index (κ3) is 5.10. The molecule has 1 aromatic heterocycles. The lowest BCUT2D eigenvalue weighted by molar-refractivity contribution is 0.0998. The molecule has 1 aliphatic carbocycles. The highest BCUT2D eigenvalue weighted by atomic mass is 35.5. The van der Waals surface area contributed by atoms with Gasteiger partial charge >= 0.3 is 6.03 Å². The van der Waals surface area contributed by atoms with Crippen LogP contribution in [0.4, 0.5) is 9.80 Å². The van der Waals surface area contributed by atoms with Gasteiger partial charge in [-0.2, -0.15) is 4.37 Å². The molecule has 1 aliphatic rings. The van der Waals surface area contributed by atoms with Gasteiger partial charge in [0.1, 0.15) is 15.6 Å². The molecule has 0 aliphatic heterocycles. The van der Waals surface area contributed by atoms with Gasteiger partial charge in [0.2, 0.25) is 0 Å². The lowest BCUT2D eigenvalue weighted by Crippen LogP contribution is -2.30. The first kappa shape index (κ1) is 18.0. The molecule has 1 aromatic carbocycles. The Balaban J connectivity index is 1.64. The third-order valence-corrected chi connectivity index (χ3v) is 5.85. The molecule has 0 atom stereocenters. The van der Waals surface area contributed by atoms with Crippen LogP contribution in [0.1, 0.15) is 28.8 Å². The van der Waals surface area contributed by atoms with Gasteiger partial charge in [-0.1, -0.05) is 35.5 Å². The van der Waals surface area contributed by atoms with Gasteiger partial charge < -0.3 is 11.1 Å². The second-order valence-corrected chi connectivity index (χ2v) is 7.92. The van der Waals surface area contributed by atoms with Crippen molar-refractivity contribution in [3.05, 3.63) is 40.4 Å². The lowest BCUT2D eigenvalue weighted by Gasteiger charge is -2.06. The Hall–Kier alpha value is -1.77. The van der Waals surface area contributed by atoms with E-state index in [0.29, 0.717) is 33.3 Å². The molecule has 3 rings (SSSR count). The molecule has 0 radical (unpaired) electrons. The SMILES string of the molecule is NC(=O)c1c(SCc2ccc(Cl)cc2)nsc1NC(=O)NCC1CC1. The maximum absolute atomic E-state index is 11.9. The van der Waals surface area contributed by atoms with Crippen molar-refractivity contribution in [1.82, 2.24) is 9.69 Å². The molecule has 0 bridgehead atoms. The van der Waals surface area contributed by atoms with Crippen molar-refractivity contribution in [2.24, 2.45) is 11.7 Å². The van der Waals surface area contributed by atoms with E-state index >= 15 is 0 Å². The zero-order chi connectivity index (χ0) is 17.8. The predicted octanol–water partition coefficient (Wildman–Crippen LogP) is 3.72. The van der Waals surface area contributed by atoms with Crippen molar-refractivity contribution in [2.45, 2.75) is 23.6 Å². The van der Waals surface area contributed by atoms with Crippen LogP contribution in [0.15, 0.2) is 29.3 Å². The van der Waals surface area contributed by atoms with Gasteiger partial charge in [-0.15, -0.1) is 0 Å². The van der Waals surface area contributed by atoms with E-state index in [1.54, 1.807) is 0 Å². The standard InChI is InChI=1S/C16H17ClN4O2S2/c17-11-5-3-10(4-6-11)8-24-15-12(13(18)22)14(25-21-15)20-16(23)19-7-9-1-2-9/h3-6,9H,1-2,7-8H2,(H2,18,22)(H2,19,20,23). The molecular formula is C16H17ClN4O2S2. The maximum Gasteiger partial charge on any atom is 0.319 e. The number of nitrogens with zero attached hydrogens (tertiary/aromatic N) is 1. The van der Waals surface area contributed by atoms with Crippen LogP contribution >= 0.6 is 34.9 Å². The van der Waals surface area contributed by atoms with E-state index in [1.807, 2.05) is 24.3 Å². The summed E-state index contributed by atoms with van der Waals surface area (Å²) in [5, 5.41) is 7.03. The second-order valence-electron chi connectivity index (χ2n) is 5.75. The van der Waals surface area contributed by atoms with E-state index in [2.05, 4.69) is 15.0 Å². The predicted molar refractivity (Wildman–Crippen MR) is 101 cm³/mol. The fraction of sp³-hybridized carbons (Fsp3) is 0.312. The Bertz CT molecular complexity index is 775. The summed E-state index contributed by atoms with van der Waals surface area (Å²) in [7, 11) is 0. The monoisotopic (exact) mass is 396 g/mol. The number of nitrogens with one attached hydrogen (secondary N) is 2. The molecule has 9 heteroatoms. The Morgan fingerprint density at radius 1 is 1.32 bits per heavy atom. The van der Waals surface area contributed by atoms with Crippen molar-refractivity contribution in [2.75, 3.05) is 11.9 Å². The number of primary amides is 1. The number of hydrogen-bond acceptors (Lipinski definition) is 5. The number of carbonyl (C=O) groups excluding carboxylic acids is 2. The smallest absolute Gasteiger partial charge is 0.319 e. The molecule has 0 spiro atoms. The van der Waals surface area contributed by atoms with Crippen molar-refractivity contribution < 1.29 is 9.59 Å².